The number of benzene rings is 4. The van der Waals surface area contributed by atoms with E-state index in [4.69, 9.17) is 0 Å². The smallest absolute Gasteiger partial charge is 0.287 e. The van der Waals surface area contributed by atoms with E-state index in [9.17, 15) is 61.5 Å². The molecule has 6 rings (SSSR count). The molecule has 24 heteroatoms. The standard InChI is InChI=1S/C34H24N4O14S4.2Cu/c39-29-13-5-21-15-25(53(41,42)43)9-11-27(21)33(29)37-35-23-7-3-19(31(17-23)55(47,48)49)1-2-20-4-8-24(18-32(20)56(50,51)52)36-38-34-28-12-10-26(54(44,45)46)16-22(28)6-14-30(34)40;;/h1-18,35-36H,(H,41,42,43)(H,44,45,46)(H,47,48,49)(H,50,51,52);;/q;2*+2/b2-1+,37-33-,38-34-;;. The number of hydrogen-bond acceptors (Lipinski definition) is 14. The van der Waals surface area contributed by atoms with Gasteiger partial charge in [0.2, 0.25) is 11.6 Å². The number of carbonyl (C=O) groups excluding carboxylic acids is 2. The van der Waals surface area contributed by atoms with Crippen molar-refractivity contribution >= 4 is 99.1 Å². The van der Waals surface area contributed by atoms with Crippen LogP contribution in [0.2, 0.25) is 0 Å². The predicted octanol–water partition coefficient (Wildman–Crippen LogP) is 3.66. The van der Waals surface area contributed by atoms with Gasteiger partial charge in [-0.2, -0.15) is 43.9 Å². The molecule has 0 aliphatic heterocycles. The fourth-order valence-electron chi connectivity index (χ4n) is 5.44. The number of rotatable bonds is 10. The first-order valence-electron chi connectivity index (χ1n) is 15.4. The Hall–Kier alpha value is -4.94. The summed E-state index contributed by atoms with van der Waals surface area (Å²) in [6, 6.07) is 13.8. The largest absolute Gasteiger partial charge is 2.00 e. The van der Waals surface area contributed by atoms with Gasteiger partial charge < -0.3 is 0 Å². The molecule has 0 heterocycles. The van der Waals surface area contributed by atoms with Crippen molar-refractivity contribution < 1.29 is 95.6 Å². The van der Waals surface area contributed by atoms with E-state index in [1.165, 1.54) is 48.6 Å². The number of anilines is 2. The Morgan fingerprint density at radius 1 is 0.466 bits per heavy atom. The summed E-state index contributed by atoms with van der Waals surface area (Å²) >= 11 is 0. The first-order chi connectivity index (χ1) is 26.1. The van der Waals surface area contributed by atoms with Crippen LogP contribution < -0.4 is 10.9 Å². The zero-order valence-electron chi connectivity index (χ0n) is 28.4. The summed E-state index contributed by atoms with van der Waals surface area (Å²) in [7, 11) is -19.0. The molecule has 2 aliphatic carbocycles. The SMILES string of the molecule is O=C1C=Cc2cc(S(=O)(=O)O)ccc2/C1=N/Nc1ccc(/C=C/c2ccc(N/N=C3\C(=O)C=Cc4cc(S(=O)(=O)O)ccc43)cc2S(=O)(=O)O)c(S(=O)(=O)O)c1.[Cu+2].[Cu+2]. The van der Waals surface area contributed by atoms with Crippen LogP contribution in [0.25, 0.3) is 24.3 Å². The molecule has 6 N–H and O–H groups in total. The van der Waals surface area contributed by atoms with Crippen LogP contribution in [0.1, 0.15) is 33.4 Å². The summed E-state index contributed by atoms with van der Waals surface area (Å²) in [6.45, 7) is 0. The second-order valence-corrected chi connectivity index (χ2v) is 17.4. The van der Waals surface area contributed by atoms with E-state index < -0.39 is 71.6 Å². The molecule has 0 saturated carbocycles. The van der Waals surface area contributed by atoms with Crippen molar-refractivity contribution in [3.8, 4) is 0 Å². The molecule has 0 saturated heterocycles. The summed E-state index contributed by atoms with van der Waals surface area (Å²) in [6.07, 6.45) is 7.09. The number of hydrazone groups is 2. The number of hydrogen-bond donors (Lipinski definition) is 6. The molecule has 4 aromatic rings. The van der Waals surface area contributed by atoms with Crippen LogP contribution in [-0.2, 0) is 84.2 Å². The Morgan fingerprint density at radius 2 is 0.828 bits per heavy atom. The average Bonchev–Trinajstić information content (AvgIpc) is 3.11. The van der Waals surface area contributed by atoms with Gasteiger partial charge in [-0.25, -0.2) is 0 Å². The van der Waals surface area contributed by atoms with Crippen LogP contribution in [0.3, 0.4) is 0 Å². The Morgan fingerprint density at radius 3 is 1.16 bits per heavy atom. The molecule has 0 fully saturated rings. The van der Waals surface area contributed by atoms with E-state index in [1.54, 1.807) is 0 Å². The van der Waals surface area contributed by atoms with Crippen LogP contribution in [0.15, 0.2) is 115 Å². The van der Waals surface area contributed by atoms with E-state index >= 15 is 0 Å². The molecule has 0 atom stereocenters. The molecule has 18 nitrogen and oxygen atoms in total. The quantitative estimate of drug-likeness (QED) is 0.0572. The minimum Gasteiger partial charge on any atom is -0.287 e. The fraction of sp³-hybridized carbons (Fsp3) is 0. The Labute approximate surface area is 351 Å². The molecular weight excluding hydrogens is 944 g/mol. The second-order valence-electron chi connectivity index (χ2n) is 11.8. The Balaban J connectivity index is 0.00000372. The van der Waals surface area contributed by atoms with E-state index in [-0.39, 0.29) is 90.3 Å². The van der Waals surface area contributed by atoms with Crippen molar-refractivity contribution in [2.75, 3.05) is 10.9 Å². The third kappa shape index (κ3) is 10.2. The van der Waals surface area contributed by atoms with Crippen LogP contribution >= 0.6 is 0 Å². The van der Waals surface area contributed by atoms with Crippen LogP contribution in [0.4, 0.5) is 11.4 Å². The van der Waals surface area contributed by atoms with Crippen LogP contribution in [0.5, 0.6) is 0 Å². The summed E-state index contributed by atoms with van der Waals surface area (Å²) in [5.74, 6) is -1.19. The second kappa shape index (κ2) is 17.1. The van der Waals surface area contributed by atoms with Gasteiger partial charge in [0.15, 0.2) is 0 Å². The van der Waals surface area contributed by atoms with Gasteiger partial charge in [0.05, 0.1) is 21.2 Å². The zero-order valence-corrected chi connectivity index (χ0v) is 33.5. The van der Waals surface area contributed by atoms with Crippen LogP contribution in [0, 0.1) is 0 Å². The molecule has 0 amide bonds. The monoisotopic (exact) mass is 966 g/mol. The normalized spacial score (nSPS) is 15.4. The maximum atomic E-state index is 12.6. The first kappa shape index (κ1) is 45.8. The number of allylic oxidation sites excluding steroid dienone is 2. The van der Waals surface area contributed by atoms with E-state index in [0.717, 1.165) is 60.7 Å². The third-order valence-electron chi connectivity index (χ3n) is 8.07. The molecule has 58 heavy (non-hydrogen) atoms. The van der Waals surface area contributed by atoms with Gasteiger partial charge in [-0.05, 0) is 82.9 Å². The van der Waals surface area contributed by atoms with Crippen molar-refractivity contribution in [3.63, 3.8) is 0 Å². The average molecular weight is 968 g/mol. The zero-order chi connectivity index (χ0) is 40.8. The molecule has 2 aliphatic rings. The number of nitrogens with zero attached hydrogens (tertiary/aromatic N) is 2. The predicted molar refractivity (Wildman–Crippen MR) is 202 cm³/mol. The molecule has 0 unspecified atom stereocenters. The van der Waals surface area contributed by atoms with Crippen molar-refractivity contribution in [3.05, 3.63) is 118 Å². The molecule has 0 spiro atoms. The van der Waals surface area contributed by atoms with Gasteiger partial charge in [-0.1, -0.05) is 48.6 Å². The fourth-order valence-corrected chi connectivity index (χ4v) is 7.90. The molecule has 0 bridgehead atoms. The Bertz CT molecular complexity index is 2820. The van der Waals surface area contributed by atoms with Crippen molar-refractivity contribution in [2.24, 2.45) is 10.2 Å². The summed E-state index contributed by atoms with van der Waals surface area (Å²) in [4.78, 5) is 23.0. The maximum Gasteiger partial charge on any atom is 2.00 e. The number of nitrogens with one attached hydrogen (secondary N) is 2. The van der Waals surface area contributed by atoms with Gasteiger partial charge in [-0.15, -0.1) is 0 Å². The van der Waals surface area contributed by atoms with Crippen molar-refractivity contribution in [1.82, 2.24) is 0 Å². The van der Waals surface area contributed by atoms with Crippen molar-refractivity contribution in [1.29, 1.82) is 0 Å². The van der Waals surface area contributed by atoms with Gasteiger partial charge >= 0.3 is 34.1 Å². The minimum atomic E-state index is -4.95. The number of fused-ring (bicyclic) bond motifs is 2. The van der Waals surface area contributed by atoms with Gasteiger partial charge in [0.25, 0.3) is 40.5 Å². The van der Waals surface area contributed by atoms with E-state index in [2.05, 4.69) is 21.1 Å². The number of ketones is 2. The van der Waals surface area contributed by atoms with Crippen molar-refractivity contribution in [2.45, 2.75) is 19.6 Å². The number of carbonyl (C=O) groups is 2. The van der Waals surface area contributed by atoms with Gasteiger partial charge in [0.1, 0.15) is 21.2 Å². The topological polar surface area (TPSA) is 300 Å². The minimum absolute atomic E-state index is 0. The van der Waals surface area contributed by atoms with E-state index in [0.29, 0.717) is 0 Å². The maximum absolute atomic E-state index is 12.6. The van der Waals surface area contributed by atoms with Gasteiger partial charge in [-0.3, -0.25) is 38.7 Å². The van der Waals surface area contributed by atoms with E-state index in [1.807, 2.05) is 0 Å². The molecule has 2 radical (unpaired) electrons. The summed E-state index contributed by atoms with van der Waals surface area (Å²) in [5.41, 5.74) is 5.12. The molecule has 306 valence electrons. The molecule has 0 aromatic heterocycles. The van der Waals surface area contributed by atoms with Crippen LogP contribution in [-0.4, -0.2) is 74.9 Å². The molecule has 4 aromatic carbocycles. The summed E-state index contributed by atoms with van der Waals surface area (Å²) in [5, 5.41) is 8.06. The first-order valence-corrected chi connectivity index (χ1v) is 21.1. The summed E-state index contributed by atoms with van der Waals surface area (Å²) < 4.78 is 134. The molecular formula is C34H24Cu2N4O14S4+4. The van der Waals surface area contributed by atoms with Gasteiger partial charge in [0, 0.05) is 11.1 Å². The third-order valence-corrected chi connectivity index (χ3v) is 11.6. The Kier molecular flexibility index (Phi) is 13.5.